The van der Waals surface area contributed by atoms with Gasteiger partial charge in [0.05, 0.1) is 27.1 Å². The summed E-state index contributed by atoms with van der Waals surface area (Å²) in [4.78, 5) is 35.9. The maximum Gasteiger partial charge on any atom is 0.269 e. The molecule has 0 saturated heterocycles. The highest BCUT2D eigenvalue weighted by atomic mass is 79.9. The third-order valence-corrected chi connectivity index (χ3v) is 6.39. The normalized spacial score (nSPS) is 11.1. The molecule has 0 bridgehead atoms. The zero-order valence-electron chi connectivity index (χ0n) is 19.7. The first-order valence-corrected chi connectivity index (χ1v) is 11.9. The van der Waals surface area contributed by atoms with Crippen LogP contribution in [0.4, 0.5) is 5.69 Å². The first kappa shape index (κ1) is 25.0. The van der Waals surface area contributed by atoms with Crippen LogP contribution in [-0.2, 0) is 6.61 Å². The second-order valence-electron chi connectivity index (χ2n) is 8.14. The van der Waals surface area contributed by atoms with Crippen molar-refractivity contribution in [1.29, 1.82) is 0 Å². The fourth-order valence-electron chi connectivity index (χ4n) is 4.11. The van der Waals surface area contributed by atoms with Crippen LogP contribution in [0.1, 0.15) is 46.5 Å². The Morgan fingerprint density at radius 1 is 0.944 bits per heavy atom. The monoisotopic (exact) mass is 557 g/mol. The first-order chi connectivity index (χ1) is 17.2. The predicted molar refractivity (Wildman–Crippen MR) is 136 cm³/mol. The second kappa shape index (κ2) is 10.3. The number of nitrogens with one attached hydrogen (secondary N) is 4. The molecular weight excluding hydrogens is 534 g/mol. The van der Waals surface area contributed by atoms with Crippen molar-refractivity contribution in [2.75, 3.05) is 6.61 Å². The van der Waals surface area contributed by atoms with Crippen molar-refractivity contribution in [2.45, 2.75) is 33.3 Å². The van der Waals surface area contributed by atoms with Crippen LogP contribution >= 0.6 is 15.9 Å². The number of aromatic amines is 4. The van der Waals surface area contributed by atoms with Crippen LogP contribution in [0.2, 0.25) is 0 Å². The minimum Gasteiger partial charge on any atom is -0.490 e. The molecule has 188 valence electrons. The molecule has 0 aliphatic heterocycles. The molecule has 0 unspecified atom stereocenters. The fourth-order valence-corrected chi connectivity index (χ4v) is 4.69. The molecule has 0 fully saturated rings. The minimum atomic E-state index is -0.686. The molecule has 2 aromatic carbocycles. The molecular formula is C24H24BrN5O6. The number of rotatable bonds is 9. The first-order valence-electron chi connectivity index (χ1n) is 11.1. The number of aryl methyl sites for hydroxylation is 2. The number of nitro groups is 1. The smallest absolute Gasteiger partial charge is 0.269 e. The number of aromatic nitrogens is 4. The molecule has 4 N–H and O–H groups in total. The lowest BCUT2D eigenvalue weighted by atomic mass is 9.85. The Morgan fingerprint density at radius 2 is 1.53 bits per heavy atom. The number of nitrogens with zero attached hydrogens (tertiary/aromatic N) is 1. The van der Waals surface area contributed by atoms with E-state index in [9.17, 15) is 19.7 Å². The summed E-state index contributed by atoms with van der Waals surface area (Å²) in [5.74, 6) is 0.161. The van der Waals surface area contributed by atoms with E-state index in [0.29, 0.717) is 50.7 Å². The summed E-state index contributed by atoms with van der Waals surface area (Å²) in [5.41, 5.74) is 2.77. The third kappa shape index (κ3) is 4.85. The van der Waals surface area contributed by atoms with Gasteiger partial charge in [-0.3, -0.25) is 29.9 Å². The van der Waals surface area contributed by atoms with Gasteiger partial charge in [-0.05, 0) is 72.1 Å². The van der Waals surface area contributed by atoms with Gasteiger partial charge in [0.2, 0.25) is 0 Å². The van der Waals surface area contributed by atoms with E-state index in [0.717, 1.165) is 5.56 Å². The lowest BCUT2D eigenvalue weighted by Gasteiger charge is -2.20. The van der Waals surface area contributed by atoms with Crippen molar-refractivity contribution < 1.29 is 14.4 Å². The summed E-state index contributed by atoms with van der Waals surface area (Å²) >= 11 is 3.56. The van der Waals surface area contributed by atoms with E-state index < -0.39 is 10.8 Å². The summed E-state index contributed by atoms with van der Waals surface area (Å²) in [6, 6.07) is 9.62. The van der Waals surface area contributed by atoms with Crippen LogP contribution in [0.15, 0.2) is 50.5 Å². The highest BCUT2D eigenvalue weighted by Crippen LogP contribution is 2.42. The Labute approximate surface area is 213 Å². The summed E-state index contributed by atoms with van der Waals surface area (Å²) in [5, 5.41) is 21.7. The topological polar surface area (TPSA) is 159 Å². The molecule has 12 heteroatoms. The summed E-state index contributed by atoms with van der Waals surface area (Å²) in [6.07, 6.45) is 0. The Bertz CT molecular complexity index is 1460. The molecule has 0 radical (unpaired) electrons. The number of hydrogen-bond donors (Lipinski definition) is 4. The van der Waals surface area contributed by atoms with Crippen molar-refractivity contribution in [1.82, 2.24) is 20.4 Å². The fraction of sp³-hybridized carbons (Fsp3) is 0.250. The molecule has 0 spiro atoms. The lowest BCUT2D eigenvalue weighted by Crippen LogP contribution is -2.20. The van der Waals surface area contributed by atoms with Gasteiger partial charge < -0.3 is 19.7 Å². The lowest BCUT2D eigenvalue weighted by molar-refractivity contribution is -0.384. The SMILES string of the molecule is CCOc1cc(C(c2c(C)[nH][nH]c2=O)c2c(C)[nH][nH]c2=O)cc(Br)c1OCc1ccc([N+](=O)[O-])cc1. The molecule has 0 aliphatic rings. The van der Waals surface area contributed by atoms with E-state index in [1.165, 1.54) is 12.1 Å². The van der Waals surface area contributed by atoms with Crippen molar-refractivity contribution >= 4 is 21.6 Å². The number of nitro benzene ring substituents is 1. The van der Waals surface area contributed by atoms with E-state index in [2.05, 4.69) is 36.3 Å². The molecule has 36 heavy (non-hydrogen) atoms. The van der Waals surface area contributed by atoms with Gasteiger partial charge in [0.15, 0.2) is 11.5 Å². The molecule has 0 amide bonds. The molecule has 11 nitrogen and oxygen atoms in total. The quantitative estimate of drug-likeness (QED) is 0.178. The number of hydrogen-bond acceptors (Lipinski definition) is 6. The van der Waals surface area contributed by atoms with Gasteiger partial charge in [-0.15, -0.1) is 0 Å². The predicted octanol–water partition coefficient (Wildman–Crippen LogP) is 4.16. The zero-order chi connectivity index (χ0) is 26.0. The number of non-ortho nitro benzene ring substituents is 1. The van der Waals surface area contributed by atoms with Gasteiger partial charge in [0, 0.05) is 29.4 Å². The highest BCUT2D eigenvalue weighted by molar-refractivity contribution is 9.10. The minimum absolute atomic E-state index is 0.00425. The van der Waals surface area contributed by atoms with Gasteiger partial charge in [-0.2, -0.15) is 0 Å². The Hall–Kier alpha value is -4.06. The number of benzene rings is 2. The van der Waals surface area contributed by atoms with Gasteiger partial charge in [0.25, 0.3) is 16.8 Å². The van der Waals surface area contributed by atoms with Crippen molar-refractivity contribution in [3.8, 4) is 11.5 Å². The molecule has 0 aliphatic carbocycles. The molecule has 0 atom stereocenters. The zero-order valence-corrected chi connectivity index (χ0v) is 21.3. The van der Waals surface area contributed by atoms with Crippen molar-refractivity contribution in [3.05, 3.63) is 105 Å². The van der Waals surface area contributed by atoms with Gasteiger partial charge >= 0.3 is 0 Å². The number of H-pyrrole nitrogens is 4. The second-order valence-corrected chi connectivity index (χ2v) is 9.00. The summed E-state index contributed by atoms with van der Waals surface area (Å²) in [6.45, 7) is 5.85. The molecule has 0 saturated carbocycles. The molecule has 2 aromatic heterocycles. The number of halogens is 1. The average molecular weight is 558 g/mol. The van der Waals surface area contributed by atoms with Crippen LogP contribution in [0, 0.1) is 24.0 Å². The maximum absolute atomic E-state index is 12.7. The van der Waals surface area contributed by atoms with Crippen LogP contribution < -0.4 is 20.6 Å². The third-order valence-electron chi connectivity index (χ3n) is 5.80. The van der Waals surface area contributed by atoms with E-state index in [4.69, 9.17) is 9.47 Å². The molecule has 2 heterocycles. The van der Waals surface area contributed by atoms with Crippen molar-refractivity contribution in [3.63, 3.8) is 0 Å². The summed E-state index contributed by atoms with van der Waals surface area (Å²) in [7, 11) is 0. The van der Waals surface area contributed by atoms with E-state index in [-0.39, 0.29) is 23.4 Å². The van der Waals surface area contributed by atoms with Crippen LogP contribution in [0.5, 0.6) is 11.5 Å². The van der Waals surface area contributed by atoms with Gasteiger partial charge in [-0.1, -0.05) is 0 Å². The van der Waals surface area contributed by atoms with E-state index in [1.807, 2.05) is 6.92 Å². The van der Waals surface area contributed by atoms with Crippen LogP contribution in [0.25, 0.3) is 0 Å². The summed E-state index contributed by atoms with van der Waals surface area (Å²) < 4.78 is 12.5. The maximum atomic E-state index is 12.7. The van der Waals surface area contributed by atoms with Gasteiger partial charge in [-0.25, -0.2) is 0 Å². The van der Waals surface area contributed by atoms with Gasteiger partial charge in [0.1, 0.15) is 6.61 Å². The van der Waals surface area contributed by atoms with Crippen molar-refractivity contribution in [2.24, 2.45) is 0 Å². The molecule has 4 rings (SSSR count). The van der Waals surface area contributed by atoms with E-state index in [1.54, 1.807) is 38.1 Å². The largest absolute Gasteiger partial charge is 0.490 e. The highest BCUT2D eigenvalue weighted by Gasteiger charge is 2.29. The number of ether oxygens (including phenoxy) is 2. The van der Waals surface area contributed by atoms with E-state index >= 15 is 0 Å². The van der Waals surface area contributed by atoms with Crippen LogP contribution in [0.3, 0.4) is 0 Å². The molecule has 4 aromatic rings. The van der Waals surface area contributed by atoms with Crippen LogP contribution in [-0.4, -0.2) is 31.9 Å². The standard InChI is InChI=1S/C24H24BrN5O6/c1-4-35-18-10-15(9-17(25)22(18)36-11-14-5-7-16(8-6-14)30(33)34)21(19-12(2)26-28-23(19)31)20-13(3)27-29-24(20)32/h5-10,21H,4,11H2,1-3H3,(H2,26,28,31)(H2,27,29,32). The Kier molecular flexibility index (Phi) is 7.15. The average Bonchev–Trinajstić information content (AvgIpc) is 3.35. The Balaban J connectivity index is 1.77. The Morgan fingerprint density at radius 3 is 2.00 bits per heavy atom.